The van der Waals surface area contributed by atoms with E-state index in [9.17, 15) is 9.59 Å². The van der Waals surface area contributed by atoms with Crippen molar-refractivity contribution in [2.24, 2.45) is 11.8 Å². The van der Waals surface area contributed by atoms with Crippen LogP contribution in [-0.2, 0) is 9.59 Å². The van der Waals surface area contributed by atoms with Crippen LogP contribution in [0.2, 0.25) is 0 Å². The summed E-state index contributed by atoms with van der Waals surface area (Å²) in [5.41, 5.74) is 1.44. The third-order valence-electron chi connectivity index (χ3n) is 4.61. The summed E-state index contributed by atoms with van der Waals surface area (Å²) in [6.07, 6.45) is 6.83. The van der Waals surface area contributed by atoms with E-state index in [4.69, 9.17) is 0 Å². The molecule has 1 aromatic carbocycles. The highest BCUT2D eigenvalue weighted by Gasteiger charge is 2.26. The van der Waals surface area contributed by atoms with Crippen LogP contribution in [0.15, 0.2) is 42.9 Å². The summed E-state index contributed by atoms with van der Waals surface area (Å²) in [5, 5.41) is 5.81. The second-order valence-corrected chi connectivity index (χ2v) is 7.06. The molecule has 1 saturated heterocycles. The van der Waals surface area contributed by atoms with Crippen LogP contribution >= 0.6 is 0 Å². The lowest BCUT2D eigenvalue weighted by atomic mass is 9.97. The van der Waals surface area contributed by atoms with Crippen molar-refractivity contribution in [2.75, 3.05) is 28.6 Å². The van der Waals surface area contributed by atoms with Gasteiger partial charge >= 0.3 is 0 Å². The van der Waals surface area contributed by atoms with Crippen molar-refractivity contribution in [3.63, 3.8) is 0 Å². The minimum atomic E-state index is -0.0962. The average Bonchev–Trinajstić information content (AvgIpc) is 2.70. The molecule has 142 valence electrons. The standard InChI is InChI=1S/C20H25N5O2/c1-14(2)19(26)23-16-5-7-17(8-6-16)24-20(27)15-4-3-11-25(13-15)18-12-21-9-10-22-18/h5-10,12,14-15H,3-4,11,13H2,1-2H3,(H,23,26)(H,24,27). The zero-order valence-electron chi connectivity index (χ0n) is 15.7. The van der Waals surface area contributed by atoms with Gasteiger partial charge in [0.25, 0.3) is 0 Å². The van der Waals surface area contributed by atoms with E-state index in [1.54, 1.807) is 42.9 Å². The number of benzene rings is 1. The maximum Gasteiger partial charge on any atom is 0.229 e. The van der Waals surface area contributed by atoms with E-state index in [1.807, 2.05) is 13.8 Å². The van der Waals surface area contributed by atoms with Gasteiger partial charge in [0, 0.05) is 42.8 Å². The van der Waals surface area contributed by atoms with Gasteiger partial charge in [-0.05, 0) is 37.1 Å². The van der Waals surface area contributed by atoms with Crippen LogP contribution in [0.1, 0.15) is 26.7 Å². The van der Waals surface area contributed by atoms with Gasteiger partial charge in [-0.3, -0.25) is 14.6 Å². The van der Waals surface area contributed by atoms with Crippen molar-refractivity contribution in [3.8, 4) is 0 Å². The van der Waals surface area contributed by atoms with Crippen LogP contribution in [0.5, 0.6) is 0 Å². The Morgan fingerprint density at radius 3 is 2.44 bits per heavy atom. The fraction of sp³-hybridized carbons (Fsp3) is 0.400. The van der Waals surface area contributed by atoms with Gasteiger partial charge in [-0.2, -0.15) is 0 Å². The molecule has 2 heterocycles. The van der Waals surface area contributed by atoms with Gasteiger partial charge in [-0.25, -0.2) is 4.98 Å². The van der Waals surface area contributed by atoms with Crippen LogP contribution in [-0.4, -0.2) is 34.9 Å². The van der Waals surface area contributed by atoms with E-state index < -0.39 is 0 Å². The van der Waals surface area contributed by atoms with Crippen molar-refractivity contribution < 1.29 is 9.59 Å². The number of anilines is 3. The molecule has 1 aromatic heterocycles. The van der Waals surface area contributed by atoms with E-state index in [-0.39, 0.29) is 23.7 Å². The van der Waals surface area contributed by atoms with Crippen LogP contribution in [0, 0.1) is 11.8 Å². The van der Waals surface area contributed by atoms with Gasteiger partial charge in [0.2, 0.25) is 11.8 Å². The van der Waals surface area contributed by atoms with Crippen molar-refractivity contribution >= 4 is 29.0 Å². The maximum absolute atomic E-state index is 12.7. The molecule has 0 aliphatic carbocycles. The highest BCUT2D eigenvalue weighted by Crippen LogP contribution is 2.23. The van der Waals surface area contributed by atoms with E-state index in [1.165, 1.54) is 0 Å². The number of carbonyl (C=O) groups excluding carboxylic acids is 2. The molecule has 1 unspecified atom stereocenters. The van der Waals surface area contributed by atoms with Crippen molar-refractivity contribution in [1.82, 2.24) is 9.97 Å². The Hall–Kier alpha value is -2.96. The number of piperidine rings is 1. The number of aromatic nitrogens is 2. The molecule has 0 saturated carbocycles. The molecule has 1 aliphatic heterocycles. The Morgan fingerprint density at radius 2 is 1.81 bits per heavy atom. The Morgan fingerprint density at radius 1 is 1.11 bits per heavy atom. The lowest BCUT2D eigenvalue weighted by Gasteiger charge is -2.32. The summed E-state index contributed by atoms with van der Waals surface area (Å²) in [5.74, 6) is 0.606. The Kier molecular flexibility index (Phi) is 6.01. The van der Waals surface area contributed by atoms with Crippen LogP contribution in [0.25, 0.3) is 0 Å². The Bertz CT molecular complexity index is 777. The monoisotopic (exact) mass is 367 g/mol. The number of hydrogen-bond acceptors (Lipinski definition) is 5. The first kappa shape index (κ1) is 18.8. The number of rotatable bonds is 5. The SMILES string of the molecule is CC(C)C(=O)Nc1ccc(NC(=O)C2CCCN(c3cnccn3)C2)cc1. The average molecular weight is 367 g/mol. The molecule has 2 N–H and O–H groups in total. The highest BCUT2D eigenvalue weighted by molar-refractivity contribution is 5.94. The summed E-state index contributed by atoms with van der Waals surface area (Å²) in [6.45, 7) is 5.20. The molecule has 1 aliphatic rings. The smallest absolute Gasteiger partial charge is 0.229 e. The molecule has 27 heavy (non-hydrogen) atoms. The minimum absolute atomic E-state index is 0.00237. The van der Waals surface area contributed by atoms with Crippen molar-refractivity contribution in [3.05, 3.63) is 42.9 Å². The third-order valence-corrected chi connectivity index (χ3v) is 4.61. The van der Waals surface area contributed by atoms with Gasteiger partial charge in [0.1, 0.15) is 5.82 Å². The molecule has 0 radical (unpaired) electrons. The van der Waals surface area contributed by atoms with E-state index in [0.29, 0.717) is 6.54 Å². The number of hydrogen-bond donors (Lipinski definition) is 2. The van der Waals surface area contributed by atoms with Gasteiger partial charge in [-0.1, -0.05) is 13.8 Å². The molecule has 0 spiro atoms. The third kappa shape index (κ3) is 5.03. The maximum atomic E-state index is 12.7. The van der Waals surface area contributed by atoms with Crippen LogP contribution in [0.4, 0.5) is 17.2 Å². The number of nitrogens with one attached hydrogen (secondary N) is 2. The van der Waals surface area contributed by atoms with Gasteiger partial charge in [-0.15, -0.1) is 0 Å². The first-order chi connectivity index (χ1) is 13.0. The first-order valence-corrected chi connectivity index (χ1v) is 9.25. The molecule has 2 aromatic rings. The number of nitrogens with zero attached hydrogens (tertiary/aromatic N) is 3. The summed E-state index contributed by atoms with van der Waals surface area (Å²) in [4.78, 5) is 34.9. The predicted molar refractivity (Wildman–Crippen MR) is 106 cm³/mol. The molecular formula is C20H25N5O2. The molecule has 0 bridgehead atoms. The summed E-state index contributed by atoms with van der Waals surface area (Å²) in [7, 11) is 0. The zero-order chi connectivity index (χ0) is 19.2. The molecular weight excluding hydrogens is 342 g/mol. The summed E-state index contributed by atoms with van der Waals surface area (Å²) >= 11 is 0. The summed E-state index contributed by atoms with van der Waals surface area (Å²) < 4.78 is 0. The quantitative estimate of drug-likeness (QED) is 0.848. The second-order valence-electron chi connectivity index (χ2n) is 7.06. The number of carbonyl (C=O) groups is 2. The van der Waals surface area contributed by atoms with Crippen molar-refractivity contribution in [1.29, 1.82) is 0 Å². The fourth-order valence-electron chi connectivity index (χ4n) is 3.02. The highest BCUT2D eigenvalue weighted by atomic mass is 16.2. The number of amides is 2. The second kappa shape index (κ2) is 8.62. The first-order valence-electron chi connectivity index (χ1n) is 9.25. The van der Waals surface area contributed by atoms with Crippen molar-refractivity contribution in [2.45, 2.75) is 26.7 Å². The molecule has 1 fully saturated rings. The molecule has 7 nitrogen and oxygen atoms in total. The predicted octanol–water partition coefficient (Wildman–Crippen LogP) is 2.93. The van der Waals surface area contributed by atoms with E-state index in [0.717, 1.165) is 36.6 Å². The molecule has 3 rings (SSSR count). The Labute approximate surface area is 159 Å². The zero-order valence-corrected chi connectivity index (χ0v) is 15.7. The lowest BCUT2D eigenvalue weighted by molar-refractivity contribution is -0.120. The van der Waals surface area contributed by atoms with Crippen LogP contribution in [0.3, 0.4) is 0 Å². The normalized spacial score (nSPS) is 16.9. The largest absolute Gasteiger partial charge is 0.355 e. The lowest BCUT2D eigenvalue weighted by Crippen LogP contribution is -2.41. The van der Waals surface area contributed by atoms with Gasteiger partial charge < -0.3 is 15.5 Å². The van der Waals surface area contributed by atoms with Gasteiger partial charge in [0.05, 0.1) is 12.1 Å². The minimum Gasteiger partial charge on any atom is -0.355 e. The van der Waals surface area contributed by atoms with Gasteiger partial charge in [0.15, 0.2) is 0 Å². The topological polar surface area (TPSA) is 87.2 Å². The molecule has 1 atom stereocenters. The summed E-state index contributed by atoms with van der Waals surface area (Å²) in [6, 6.07) is 7.19. The van der Waals surface area contributed by atoms with E-state index in [2.05, 4.69) is 25.5 Å². The fourth-order valence-corrected chi connectivity index (χ4v) is 3.02. The molecule has 7 heteroatoms. The van der Waals surface area contributed by atoms with E-state index >= 15 is 0 Å². The van der Waals surface area contributed by atoms with Crippen LogP contribution < -0.4 is 15.5 Å². The molecule has 2 amide bonds. The Balaban J connectivity index is 1.57.